The Balaban J connectivity index is 1.52. The number of hydrogen-bond donors (Lipinski definition) is 2. The molecule has 7 fully saturated rings. The van der Waals surface area contributed by atoms with Gasteiger partial charge in [0.1, 0.15) is 52.9 Å². The van der Waals surface area contributed by atoms with E-state index in [0.29, 0.717) is 5.56 Å². The third kappa shape index (κ3) is 4.22. The third-order valence-corrected chi connectivity index (χ3v) is 15.1. The van der Waals surface area contributed by atoms with Gasteiger partial charge in [-0.1, -0.05) is 41.5 Å². The Hall–Kier alpha value is -3.90. The molecule has 0 radical (unpaired) electrons. The van der Waals surface area contributed by atoms with Gasteiger partial charge in [-0.2, -0.15) is 0 Å². The number of furan rings is 1. The Labute approximate surface area is 328 Å². The van der Waals surface area contributed by atoms with Crippen molar-refractivity contribution in [3.63, 3.8) is 0 Å². The van der Waals surface area contributed by atoms with Crippen LogP contribution in [0, 0.1) is 39.9 Å². The van der Waals surface area contributed by atoms with Gasteiger partial charge < -0.3 is 52.5 Å². The molecule has 312 valence electrons. The summed E-state index contributed by atoms with van der Waals surface area (Å²) in [6.45, 7) is 13.4. The van der Waals surface area contributed by atoms with Gasteiger partial charge >= 0.3 is 29.8 Å². The van der Waals surface area contributed by atoms with Crippen LogP contribution in [0.5, 0.6) is 0 Å². The molecular weight excluding hydrogens is 752 g/mol. The lowest BCUT2D eigenvalue weighted by molar-refractivity contribution is -0.483. The van der Waals surface area contributed by atoms with E-state index in [1.165, 1.54) is 26.4 Å². The summed E-state index contributed by atoms with van der Waals surface area (Å²) >= 11 is 0. The van der Waals surface area contributed by atoms with Crippen molar-refractivity contribution in [1.29, 1.82) is 0 Å². The second-order valence-corrected chi connectivity index (χ2v) is 18.0. The highest BCUT2D eigenvalue weighted by atomic mass is 16.9. The Morgan fingerprint density at radius 1 is 0.965 bits per heavy atom. The molecule has 0 unspecified atom stereocenters. The van der Waals surface area contributed by atoms with E-state index in [1.807, 2.05) is 0 Å². The van der Waals surface area contributed by atoms with E-state index < -0.39 is 134 Å². The minimum Gasteiger partial charge on any atom is -0.472 e. The second kappa shape index (κ2) is 11.9. The Morgan fingerprint density at radius 3 is 2.19 bits per heavy atom. The van der Waals surface area contributed by atoms with Gasteiger partial charge in [0.25, 0.3) is 5.97 Å². The molecule has 3 aliphatic heterocycles. The van der Waals surface area contributed by atoms with Crippen LogP contribution < -0.4 is 0 Å². The van der Waals surface area contributed by atoms with Crippen LogP contribution in [-0.4, -0.2) is 106 Å². The average molecular weight is 803 g/mol. The lowest BCUT2D eigenvalue weighted by Crippen LogP contribution is -2.95. The first-order chi connectivity index (χ1) is 26.5. The number of ketones is 1. The van der Waals surface area contributed by atoms with Crippen molar-refractivity contribution in [3.05, 3.63) is 24.2 Å². The fourth-order valence-corrected chi connectivity index (χ4v) is 13.6. The summed E-state index contributed by atoms with van der Waals surface area (Å²) in [4.78, 5) is 82.9. The first-order valence-electron chi connectivity index (χ1n) is 19.4. The van der Waals surface area contributed by atoms with Crippen molar-refractivity contribution in [2.75, 3.05) is 7.11 Å². The number of hydrogen-bond acceptors (Lipinski definition) is 17. The molecule has 17 nitrogen and oxygen atoms in total. The zero-order chi connectivity index (χ0) is 41.8. The van der Waals surface area contributed by atoms with Crippen molar-refractivity contribution in [2.45, 2.75) is 140 Å². The number of fused-ring (bicyclic) bond motifs is 3. The van der Waals surface area contributed by atoms with Gasteiger partial charge in [0.05, 0.1) is 31.0 Å². The molecule has 2 N–H and O–H groups in total. The lowest BCUT2D eigenvalue weighted by atomic mass is 9.32. The van der Waals surface area contributed by atoms with E-state index in [-0.39, 0.29) is 19.3 Å². The van der Waals surface area contributed by atoms with E-state index >= 15 is 0 Å². The first kappa shape index (κ1) is 39.9. The van der Waals surface area contributed by atoms with Crippen molar-refractivity contribution >= 4 is 35.6 Å². The van der Waals surface area contributed by atoms with Gasteiger partial charge in [-0.05, 0) is 12.5 Å². The number of carbonyl (C=O) groups is 6. The number of cyclic esters (lactones) is 1. The number of methoxy groups -OCH3 is 1. The fraction of sp³-hybridized carbons (Fsp3) is 0.750. The van der Waals surface area contributed by atoms with E-state index in [0.717, 1.165) is 14.0 Å². The van der Waals surface area contributed by atoms with E-state index in [9.17, 15) is 39.0 Å². The number of ether oxygens (including phenoxy) is 8. The molecule has 57 heavy (non-hydrogen) atoms. The molecule has 17 heteroatoms. The van der Waals surface area contributed by atoms with E-state index in [1.54, 1.807) is 47.6 Å². The number of carbonyl (C=O) groups excluding carboxylic acids is 6. The first-order valence-corrected chi connectivity index (χ1v) is 19.4. The van der Waals surface area contributed by atoms with Crippen molar-refractivity contribution in [1.82, 2.24) is 0 Å². The van der Waals surface area contributed by atoms with Crippen LogP contribution in [0.2, 0.25) is 0 Å². The molecule has 4 bridgehead atoms. The summed E-state index contributed by atoms with van der Waals surface area (Å²) in [5, 5.41) is 27.3. The Morgan fingerprint density at radius 2 is 1.63 bits per heavy atom. The predicted molar refractivity (Wildman–Crippen MR) is 186 cm³/mol. The van der Waals surface area contributed by atoms with Gasteiger partial charge in [0, 0.05) is 61.8 Å². The maximum atomic E-state index is 14.6. The zero-order valence-corrected chi connectivity index (χ0v) is 33.6. The molecule has 8 rings (SSSR count). The van der Waals surface area contributed by atoms with Crippen LogP contribution >= 0.6 is 0 Å². The van der Waals surface area contributed by atoms with Crippen LogP contribution in [0.25, 0.3) is 0 Å². The quantitative estimate of drug-likeness (QED) is 0.207. The van der Waals surface area contributed by atoms with Gasteiger partial charge in [-0.3, -0.25) is 24.0 Å². The van der Waals surface area contributed by atoms with Gasteiger partial charge in [0.2, 0.25) is 6.10 Å². The van der Waals surface area contributed by atoms with Crippen LogP contribution in [-0.2, 0) is 66.7 Å². The summed E-state index contributed by atoms with van der Waals surface area (Å²) in [7, 11) is 1.11. The van der Waals surface area contributed by atoms with Gasteiger partial charge in [0.15, 0.2) is 5.60 Å². The van der Waals surface area contributed by atoms with E-state index in [4.69, 9.17) is 42.3 Å². The van der Waals surface area contributed by atoms with Crippen molar-refractivity contribution in [3.8, 4) is 0 Å². The molecule has 0 amide bonds. The van der Waals surface area contributed by atoms with E-state index in [2.05, 4.69) is 0 Å². The number of esters is 5. The summed E-state index contributed by atoms with van der Waals surface area (Å²) < 4.78 is 56.1. The molecule has 3 saturated heterocycles. The molecule has 16 atom stereocenters. The average Bonchev–Trinajstić information content (AvgIpc) is 3.83. The summed E-state index contributed by atoms with van der Waals surface area (Å²) in [5.74, 6) is -12.5. The summed E-state index contributed by atoms with van der Waals surface area (Å²) in [5.41, 5.74) is -13.9. The number of Topliss-reactive ketones (excluding diaryl/α,β-unsaturated/α-hetero) is 1. The largest absolute Gasteiger partial charge is 0.472 e. The minimum absolute atomic E-state index is 0.188. The van der Waals surface area contributed by atoms with Crippen LogP contribution in [0.15, 0.2) is 23.0 Å². The number of rotatable bonds is 9. The number of aliphatic hydroxyl groups is 2. The topological polar surface area (TPSA) is 230 Å². The molecule has 1 aromatic rings. The highest BCUT2D eigenvalue weighted by molar-refractivity contribution is 6.00. The maximum Gasteiger partial charge on any atom is 0.347 e. The normalized spacial score (nSPS) is 48.7. The summed E-state index contributed by atoms with van der Waals surface area (Å²) in [6.07, 6.45) is -6.27. The highest BCUT2D eigenvalue weighted by Gasteiger charge is 3.05. The lowest BCUT2D eigenvalue weighted by Gasteiger charge is -2.77. The Kier molecular flexibility index (Phi) is 8.30. The smallest absolute Gasteiger partial charge is 0.347 e. The molecule has 7 aliphatic rings. The molecule has 4 aliphatic carbocycles. The van der Waals surface area contributed by atoms with Gasteiger partial charge in [-0.25, -0.2) is 4.79 Å². The molecular formula is C40H50O17. The minimum atomic E-state index is -2.62. The predicted octanol–water partition coefficient (Wildman–Crippen LogP) is 2.22. The van der Waals surface area contributed by atoms with Crippen molar-refractivity contribution in [2.24, 2.45) is 39.9 Å². The van der Waals surface area contributed by atoms with Crippen LogP contribution in [0.3, 0.4) is 0 Å². The van der Waals surface area contributed by atoms with Gasteiger partial charge in [-0.15, -0.1) is 0 Å². The third-order valence-electron chi connectivity index (χ3n) is 15.1. The van der Waals surface area contributed by atoms with Crippen molar-refractivity contribution < 1.29 is 81.3 Å². The Bertz CT molecular complexity index is 1960. The van der Waals surface area contributed by atoms with Crippen LogP contribution in [0.4, 0.5) is 0 Å². The maximum absolute atomic E-state index is 14.6. The zero-order valence-electron chi connectivity index (χ0n) is 33.6. The molecule has 1 aromatic heterocycles. The molecule has 4 saturated carbocycles. The molecule has 2 spiro atoms. The standard InChI is InChI=1S/C40H50O17/c1-11-21(43)23-25-34(7,27(53-29(23)45)20-12-13-50-15-20)22(51-18(4)41)14-37-35(8)26(24(30(46)49-10)52-19(5)42)33(6)16-38(35)39(48,32(33)54-28(44)17(2)3)31(47)40(25,37)57-36(9,55-37)56-38/h12-13,15,17,22-27,31-32,47-48H,11,14,16H2,1-10H3/t22-,23+,24+,25+,26-,27-,31+,32-,33+,34+,35-,36+,37-,38+,39+,40+/m0/s1. The number of aliphatic hydroxyl groups excluding tert-OH is 1. The molecule has 4 heterocycles. The SMILES string of the molecule is CCC(=O)[C@H]1C(=O)O[C@@H](c2ccoc2)[C@]2(C)[C@@H](OC(C)=O)C[C@@]34O[C@@]5(C)O[C@]3([C@H]12)[C@H](O)[C@@]1(O)[C@@H](OC(=O)C(C)C)[C@]2(C)C[C@@]1(O5)[C@@]4(C)[C@H]2[C@@H](OC(C)=O)C(=O)OC. The monoisotopic (exact) mass is 802 g/mol. The second-order valence-electron chi connectivity index (χ2n) is 18.0. The van der Waals surface area contributed by atoms with Crippen LogP contribution in [0.1, 0.15) is 93.2 Å². The molecule has 0 aromatic carbocycles. The highest BCUT2D eigenvalue weighted by Crippen LogP contribution is 2.90. The summed E-state index contributed by atoms with van der Waals surface area (Å²) in [6, 6.07) is 1.55. The fourth-order valence-electron chi connectivity index (χ4n) is 13.6.